The first-order valence-electron chi connectivity index (χ1n) is 7.36. The first-order valence-corrected chi connectivity index (χ1v) is 7.77. The monoisotopic (exact) mass is 319 g/mol. The molecule has 6 heteroatoms. The topological polar surface area (TPSA) is 61.4 Å². The van der Waals surface area contributed by atoms with Gasteiger partial charge in [-0.2, -0.15) is 0 Å². The molecule has 2 N–H and O–H groups in total. The van der Waals surface area contributed by atoms with E-state index in [2.05, 4.69) is 10.6 Å². The minimum Gasteiger partial charge on any atom is -0.349 e. The molecular weight excluding hydrogens is 298 g/mol. The van der Waals surface area contributed by atoms with Gasteiger partial charge >= 0.3 is 0 Å². The Bertz CT molecular complexity index is 565. The van der Waals surface area contributed by atoms with Crippen molar-refractivity contribution in [2.45, 2.75) is 25.7 Å². The number of nitrogens with one attached hydrogen (secondary N) is 2. The summed E-state index contributed by atoms with van der Waals surface area (Å²) in [5.74, 6) is 0.249. The van der Waals surface area contributed by atoms with Crippen molar-refractivity contribution in [1.82, 2.24) is 10.2 Å². The van der Waals surface area contributed by atoms with E-state index in [9.17, 15) is 9.59 Å². The van der Waals surface area contributed by atoms with Gasteiger partial charge in [0.15, 0.2) is 5.11 Å². The van der Waals surface area contributed by atoms with Crippen LogP contribution in [-0.2, 0) is 16.0 Å². The van der Waals surface area contributed by atoms with E-state index < -0.39 is 0 Å². The zero-order valence-electron chi connectivity index (χ0n) is 12.9. The molecule has 22 heavy (non-hydrogen) atoms. The predicted molar refractivity (Wildman–Crippen MR) is 90.5 cm³/mol. The minimum atomic E-state index is -0.00341. The average molecular weight is 319 g/mol. The first kappa shape index (κ1) is 16.4. The molecule has 1 aromatic carbocycles. The van der Waals surface area contributed by atoms with E-state index in [1.807, 2.05) is 24.3 Å². The van der Waals surface area contributed by atoms with Crippen molar-refractivity contribution in [3.8, 4) is 0 Å². The number of hydrogen-bond donors (Lipinski definition) is 2. The molecule has 1 aliphatic carbocycles. The van der Waals surface area contributed by atoms with Gasteiger partial charge in [-0.1, -0.05) is 12.1 Å². The van der Waals surface area contributed by atoms with Crippen molar-refractivity contribution in [2.24, 2.45) is 5.92 Å². The maximum absolute atomic E-state index is 11.6. The molecule has 5 nitrogen and oxygen atoms in total. The molecular formula is C16H21N3O2S. The number of hydrogen-bond acceptors (Lipinski definition) is 3. The van der Waals surface area contributed by atoms with Crippen molar-refractivity contribution >= 4 is 34.8 Å². The summed E-state index contributed by atoms with van der Waals surface area (Å²) in [4.78, 5) is 24.7. The lowest BCUT2D eigenvalue weighted by Crippen LogP contribution is -2.35. The van der Waals surface area contributed by atoms with Gasteiger partial charge in [-0.05, 0) is 49.2 Å². The highest BCUT2D eigenvalue weighted by atomic mass is 32.1. The van der Waals surface area contributed by atoms with Gasteiger partial charge in [0.05, 0.1) is 0 Å². The Morgan fingerprint density at radius 2 is 1.86 bits per heavy atom. The molecule has 2 rings (SSSR count). The van der Waals surface area contributed by atoms with E-state index >= 15 is 0 Å². The zero-order valence-corrected chi connectivity index (χ0v) is 13.7. The molecule has 1 saturated carbocycles. The molecule has 1 aliphatic rings. The summed E-state index contributed by atoms with van der Waals surface area (Å²) in [7, 11) is 3.51. The van der Waals surface area contributed by atoms with Gasteiger partial charge < -0.3 is 15.5 Å². The summed E-state index contributed by atoms with van der Waals surface area (Å²) in [5.41, 5.74) is 1.91. The molecule has 0 aromatic heterocycles. The molecule has 0 radical (unpaired) electrons. The number of amides is 2. The molecule has 0 spiro atoms. The van der Waals surface area contributed by atoms with E-state index in [-0.39, 0.29) is 17.7 Å². The Balaban J connectivity index is 1.79. The largest absolute Gasteiger partial charge is 0.349 e. The molecule has 2 amide bonds. The second kappa shape index (κ2) is 7.35. The first-order chi connectivity index (χ1) is 10.5. The third-order valence-corrected chi connectivity index (χ3v) is 3.73. The van der Waals surface area contributed by atoms with Gasteiger partial charge in [0.1, 0.15) is 0 Å². The van der Waals surface area contributed by atoms with Crippen LogP contribution in [-0.4, -0.2) is 35.9 Å². The van der Waals surface area contributed by atoms with Crippen LogP contribution in [0.25, 0.3) is 0 Å². The fraction of sp³-hybridized carbons (Fsp3) is 0.438. The molecule has 0 bridgehead atoms. The highest BCUT2D eigenvalue weighted by Gasteiger charge is 2.29. The summed E-state index contributed by atoms with van der Waals surface area (Å²) in [5, 5.41) is 6.01. The van der Waals surface area contributed by atoms with E-state index in [4.69, 9.17) is 12.2 Å². The Kier molecular flexibility index (Phi) is 5.49. The van der Waals surface area contributed by atoms with E-state index in [0.29, 0.717) is 18.0 Å². The summed E-state index contributed by atoms with van der Waals surface area (Å²) in [6.45, 7) is 0. The normalized spacial score (nSPS) is 13.4. The fourth-order valence-electron chi connectivity index (χ4n) is 1.95. The lowest BCUT2D eigenvalue weighted by molar-refractivity contribution is -0.128. The van der Waals surface area contributed by atoms with Gasteiger partial charge in [0.25, 0.3) is 0 Å². The maximum atomic E-state index is 11.6. The SMILES string of the molecule is CN(C)C(=O)CCc1ccc(NC(=S)NC(=O)C2CC2)cc1. The smallest absolute Gasteiger partial charge is 0.229 e. The molecule has 0 heterocycles. The van der Waals surface area contributed by atoms with Crippen LogP contribution in [0.15, 0.2) is 24.3 Å². The van der Waals surface area contributed by atoms with E-state index in [1.54, 1.807) is 19.0 Å². The van der Waals surface area contributed by atoms with Crippen molar-refractivity contribution < 1.29 is 9.59 Å². The number of anilines is 1. The van der Waals surface area contributed by atoms with Crippen molar-refractivity contribution in [3.05, 3.63) is 29.8 Å². The number of thiocarbonyl (C=S) groups is 1. The number of carbonyl (C=O) groups is 2. The maximum Gasteiger partial charge on any atom is 0.229 e. The van der Waals surface area contributed by atoms with Gasteiger partial charge in [-0.15, -0.1) is 0 Å². The molecule has 0 atom stereocenters. The molecule has 0 unspecified atom stereocenters. The lowest BCUT2D eigenvalue weighted by Gasteiger charge is -2.11. The van der Waals surface area contributed by atoms with Crippen LogP contribution in [0.4, 0.5) is 5.69 Å². The number of benzene rings is 1. The number of carbonyl (C=O) groups excluding carboxylic acids is 2. The van der Waals surface area contributed by atoms with Crippen LogP contribution in [0.3, 0.4) is 0 Å². The molecule has 0 aliphatic heterocycles. The summed E-state index contributed by atoms with van der Waals surface area (Å²) >= 11 is 5.11. The summed E-state index contributed by atoms with van der Waals surface area (Å²) < 4.78 is 0. The highest BCUT2D eigenvalue weighted by molar-refractivity contribution is 7.80. The van der Waals surface area contributed by atoms with Crippen LogP contribution in [0.5, 0.6) is 0 Å². The Morgan fingerprint density at radius 1 is 1.23 bits per heavy atom. The third kappa shape index (κ3) is 5.11. The average Bonchev–Trinajstić information content (AvgIpc) is 3.30. The van der Waals surface area contributed by atoms with Crippen LogP contribution in [0, 0.1) is 5.92 Å². The summed E-state index contributed by atoms with van der Waals surface area (Å²) in [6.07, 6.45) is 3.11. The van der Waals surface area contributed by atoms with Gasteiger partial charge in [-0.3, -0.25) is 9.59 Å². The van der Waals surface area contributed by atoms with Gasteiger partial charge in [0.2, 0.25) is 11.8 Å². The van der Waals surface area contributed by atoms with Crippen molar-refractivity contribution in [3.63, 3.8) is 0 Å². The lowest BCUT2D eigenvalue weighted by atomic mass is 10.1. The van der Waals surface area contributed by atoms with Crippen molar-refractivity contribution in [1.29, 1.82) is 0 Å². The molecule has 1 fully saturated rings. The minimum absolute atomic E-state index is 0.00341. The Morgan fingerprint density at radius 3 is 2.41 bits per heavy atom. The van der Waals surface area contributed by atoms with Crippen molar-refractivity contribution in [2.75, 3.05) is 19.4 Å². The Hall–Kier alpha value is -1.95. The fourth-order valence-corrected chi connectivity index (χ4v) is 2.17. The Labute approximate surface area is 136 Å². The quantitative estimate of drug-likeness (QED) is 0.814. The summed E-state index contributed by atoms with van der Waals surface area (Å²) in [6, 6.07) is 7.70. The van der Waals surface area contributed by atoms with E-state index in [0.717, 1.165) is 24.1 Å². The number of nitrogens with zero attached hydrogens (tertiary/aromatic N) is 1. The molecule has 1 aromatic rings. The third-order valence-electron chi connectivity index (χ3n) is 3.52. The van der Waals surface area contributed by atoms with Crippen LogP contribution >= 0.6 is 12.2 Å². The number of rotatable bonds is 5. The van der Waals surface area contributed by atoms with E-state index in [1.165, 1.54) is 0 Å². The zero-order chi connectivity index (χ0) is 16.1. The second-order valence-electron chi connectivity index (χ2n) is 5.70. The molecule has 0 saturated heterocycles. The molecule has 118 valence electrons. The highest BCUT2D eigenvalue weighted by Crippen LogP contribution is 2.28. The standard InChI is InChI=1S/C16H21N3O2S/c1-19(2)14(20)10-5-11-3-8-13(9-4-11)17-16(22)18-15(21)12-6-7-12/h3-4,8-9,12H,5-7,10H2,1-2H3,(H2,17,18,21,22). The van der Waals surface area contributed by atoms with Crippen LogP contribution in [0.1, 0.15) is 24.8 Å². The van der Waals surface area contributed by atoms with Gasteiger partial charge in [0, 0.05) is 32.1 Å². The van der Waals surface area contributed by atoms with Crippen LogP contribution in [0.2, 0.25) is 0 Å². The van der Waals surface area contributed by atoms with Crippen LogP contribution < -0.4 is 10.6 Å². The van der Waals surface area contributed by atoms with Gasteiger partial charge in [-0.25, -0.2) is 0 Å². The predicted octanol–water partition coefficient (Wildman–Crippen LogP) is 1.93. The second-order valence-corrected chi connectivity index (χ2v) is 6.11. The number of aryl methyl sites for hydroxylation is 1.